The average Bonchev–Trinajstić information content (AvgIpc) is 2.17. The molecule has 1 rings (SSSR count). The number of nitroso groups, excluding NO2 is 1. The number of hydrogen-bond acceptors (Lipinski definition) is 2. The van der Waals surface area contributed by atoms with Gasteiger partial charge in [-0.1, -0.05) is 26.0 Å². The average molecular weight is 191 g/mol. The zero-order chi connectivity index (χ0) is 10.6. The normalized spacial score (nSPS) is 10.2. The summed E-state index contributed by atoms with van der Waals surface area (Å²) in [6, 6.07) is 7.00. The van der Waals surface area contributed by atoms with Crippen LogP contribution in [0.1, 0.15) is 29.8 Å². The second kappa shape index (κ2) is 4.65. The van der Waals surface area contributed by atoms with Gasteiger partial charge in [0.15, 0.2) is 0 Å². The topological polar surface area (TPSA) is 46.5 Å². The predicted molar refractivity (Wildman–Crippen MR) is 55.1 cm³/mol. The van der Waals surface area contributed by atoms with Crippen LogP contribution in [0, 0.1) is 10.8 Å². The standard InChI is InChI=1S/C11H13NO2/c1-8(2)7-9-3-5-10(6-4-9)11(13)12-14/h3-6,8H,7H2,1-2H3. The Morgan fingerprint density at radius 2 is 1.86 bits per heavy atom. The van der Waals surface area contributed by atoms with Gasteiger partial charge >= 0.3 is 5.91 Å². The van der Waals surface area contributed by atoms with Crippen LogP contribution in [0.2, 0.25) is 0 Å². The molecule has 0 fully saturated rings. The van der Waals surface area contributed by atoms with E-state index in [1.807, 2.05) is 12.1 Å². The molecule has 0 saturated heterocycles. The number of rotatable bonds is 3. The van der Waals surface area contributed by atoms with E-state index >= 15 is 0 Å². The Balaban J connectivity index is 2.78. The van der Waals surface area contributed by atoms with Crippen LogP contribution in [-0.2, 0) is 6.42 Å². The molecule has 3 nitrogen and oxygen atoms in total. The van der Waals surface area contributed by atoms with E-state index in [1.54, 1.807) is 12.1 Å². The van der Waals surface area contributed by atoms with E-state index in [0.29, 0.717) is 11.5 Å². The smallest absolute Gasteiger partial charge is 0.263 e. The van der Waals surface area contributed by atoms with Gasteiger partial charge in [0, 0.05) is 10.7 Å². The van der Waals surface area contributed by atoms with Gasteiger partial charge in [0.05, 0.1) is 0 Å². The third-order valence-corrected chi connectivity index (χ3v) is 1.93. The van der Waals surface area contributed by atoms with E-state index in [1.165, 1.54) is 5.56 Å². The maximum absolute atomic E-state index is 10.9. The molecule has 0 bridgehead atoms. The van der Waals surface area contributed by atoms with Crippen molar-refractivity contribution in [3.05, 3.63) is 40.3 Å². The lowest BCUT2D eigenvalue weighted by molar-refractivity contribution is 0.100. The van der Waals surface area contributed by atoms with Crippen LogP contribution in [0.25, 0.3) is 0 Å². The van der Waals surface area contributed by atoms with Crippen molar-refractivity contribution in [1.29, 1.82) is 0 Å². The summed E-state index contributed by atoms with van der Waals surface area (Å²) in [7, 11) is 0. The molecule has 1 amide bonds. The molecule has 0 atom stereocenters. The quantitative estimate of drug-likeness (QED) is 0.689. The van der Waals surface area contributed by atoms with Crippen molar-refractivity contribution in [2.75, 3.05) is 0 Å². The first kappa shape index (κ1) is 10.6. The first-order valence-electron chi connectivity index (χ1n) is 4.60. The van der Waals surface area contributed by atoms with Gasteiger partial charge in [-0.3, -0.25) is 4.79 Å². The Labute approximate surface area is 83.1 Å². The second-order valence-corrected chi connectivity index (χ2v) is 3.69. The van der Waals surface area contributed by atoms with Crippen molar-refractivity contribution in [1.82, 2.24) is 0 Å². The number of benzene rings is 1. The number of carbonyl (C=O) groups excluding carboxylic acids is 1. The zero-order valence-electron chi connectivity index (χ0n) is 8.36. The SMILES string of the molecule is CC(C)Cc1ccc(C(=O)N=O)cc1. The molecule has 3 heteroatoms. The third-order valence-electron chi connectivity index (χ3n) is 1.93. The third kappa shape index (κ3) is 2.76. The fraction of sp³-hybridized carbons (Fsp3) is 0.364. The van der Waals surface area contributed by atoms with Gasteiger partial charge in [0.2, 0.25) is 0 Å². The van der Waals surface area contributed by atoms with Crippen LogP contribution >= 0.6 is 0 Å². The van der Waals surface area contributed by atoms with Gasteiger partial charge in [0.25, 0.3) is 0 Å². The van der Waals surface area contributed by atoms with Gasteiger partial charge in [0.1, 0.15) is 0 Å². The van der Waals surface area contributed by atoms with E-state index in [9.17, 15) is 9.70 Å². The van der Waals surface area contributed by atoms with Gasteiger partial charge in [-0.05, 0) is 30.0 Å². The summed E-state index contributed by atoms with van der Waals surface area (Å²) in [6.07, 6.45) is 0.975. The molecule has 0 unspecified atom stereocenters. The molecule has 1 aromatic rings. The number of nitrogens with zero attached hydrogens (tertiary/aromatic N) is 1. The molecular formula is C11H13NO2. The number of amides is 1. The van der Waals surface area contributed by atoms with Crippen molar-refractivity contribution >= 4 is 5.91 Å². The van der Waals surface area contributed by atoms with Crippen LogP contribution in [0.3, 0.4) is 0 Å². The molecule has 0 aliphatic carbocycles. The molecule has 0 N–H and O–H groups in total. The van der Waals surface area contributed by atoms with Gasteiger partial charge in [-0.15, -0.1) is 4.91 Å². The molecule has 0 saturated carbocycles. The van der Waals surface area contributed by atoms with Crippen LogP contribution in [0.5, 0.6) is 0 Å². The minimum atomic E-state index is -0.707. The Morgan fingerprint density at radius 1 is 1.29 bits per heavy atom. The van der Waals surface area contributed by atoms with Gasteiger partial charge in [-0.2, -0.15) is 0 Å². The number of hydrogen-bond donors (Lipinski definition) is 0. The molecule has 0 aliphatic heterocycles. The summed E-state index contributed by atoms with van der Waals surface area (Å²) in [5.41, 5.74) is 1.52. The monoisotopic (exact) mass is 191 g/mol. The summed E-state index contributed by atoms with van der Waals surface area (Å²) in [4.78, 5) is 20.8. The van der Waals surface area contributed by atoms with Crippen LogP contribution < -0.4 is 0 Å². The largest absolute Gasteiger partial charge is 0.316 e. The Hall–Kier alpha value is -1.51. The molecule has 0 aromatic heterocycles. The van der Waals surface area contributed by atoms with Gasteiger partial charge in [-0.25, -0.2) is 0 Å². The van der Waals surface area contributed by atoms with Crippen molar-refractivity contribution in [2.24, 2.45) is 11.1 Å². The minimum Gasteiger partial charge on any atom is -0.263 e. The minimum absolute atomic E-state index is 0.354. The lowest BCUT2D eigenvalue weighted by Gasteiger charge is -2.04. The molecule has 1 aromatic carbocycles. The van der Waals surface area contributed by atoms with E-state index in [-0.39, 0.29) is 0 Å². The van der Waals surface area contributed by atoms with Crippen LogP contribution in [0.15, 0.2) is 29.4 Å². The highest BCUT2D eigenvalue weighted by Crippen LogP contribution is 2.10. The molecule has 74 valence electrons. The summed E-state index contributed by atoms with van der Waals surface area (Å²) in [6.45, 7) is 4.26. The van der Waals surface area contributed by atoms with Gasteiger partial charge < -0.3 is 0 Å². The first-order valence-corrected chi connectivity index (χ1v) is 4.60. The Morgan fingerprint density at radius 3 is 2.29 bits per heavy atom. The maximum atomic E-state index is 10.9. The molecule has 0 spiro atoms. The number of carbonyl (C=O) groups is 1. The fourth-order valence-corrected chi connectivity index (χ4v) is 1.31. The Bertz CT molecular complexity index is 328. The summed E-state index contributed by atoms with van der Waals surface area (Å²) < 4.78 is 0. The zero-order valence-corrected chi connectivity index (χ0v) is 8.36. The van der Waals surface area contributed by atoms with E-state index in [2.05, 4.69) is 19.0 Å². The Kier molecular flexibility index (Phi) is 3.51. The molecule has 0 aliphatic rings. The van der Waals surface area contributed by atoms with Crippen LogP contribution in [-0.4, -0.2) is 5.91 Å². The highest BCUT2D eigenvalue weighted by Gasteiger charge is 2.04. The fourth-order valence-electron chi connectivity index (χ4n) is 1.31. The highest BCUT2D eigenvalue weighted by atomic mass is 16.3. The van der Waals surface area contributed by atoms with Crippen molar-refractivity contribution < 1.29 is 4.79 Å². The van der Waals surface area contributed by atoms with Crippen LogP contribution in [0.4, 0.5) is 0 Å². The van der Waals surface area contributed by atoms with E-state index in [0.717, 1.165) is 6.42 Å². The van der Waals surface area contributed by atoms with E-state index in [4.69, 9.17) is 0 Å². The molecular weight excluding hydrogens is 178 g/mol. The predicted octanol–water partition coefficient (Wildman–Crippen LogP) is 2.79. The van der Waals surface area contributed by atoms with Crippen molar-refractivity contribution in [3.8, 4) is 0 Å². The maximum Gasteiger partial charge on any atom is 0.316 e. The molecule has 0 radical (unpaired) electrons. The summed E-state index contributed by atoms with van der Waals surface area (Å²) in [5, 5.41) is 2.36. The lowest BCUT2D eigenvalue weighted by Crippen LogP contribution is -1.96. The second-order valence-electron chi connectivity index (χ2n) is 3.69. The highest BCUT2D eigenvalue weighted by molar-refractivity contribution is 5.94. The van der Waals surface area contributed by atoms with Crippen molar-refractivity contribution in [2.45, 2.75) is 20.3 Å². The molecule has 14 heavy (non-hydrogen) atoms. The first-order chi connectivity index (χ1) is 6.63. The van der Waals surface area contributed by atoms with E-state index < -0.39 is 5.91 Å². The van der Waals surface area contributed by atoms with Crippen molar-refractivity contribution in [3.63, 3.8) is 0 Å². The lowest BCUT2D eigenvalue weighted by atomic mass is 10.0. The summed E-state index contributed by atoms with van der Waals surface area (Å²) >= 11 is 0. The summed E-state index contributed by atoms with van der Waals surface area (Å²) in [5.74, 6) is -0.123. The molecule has 0 heterocycles.